The lowest BCUT2D eigenvalue weighted by atomic mass is 10.2. The molecule has 1 atom stereocenters. The summed E-state index contributed by atoms with van der Waals surface area (Å²) in [4.78, 5) is 28.9. The Morgan fingerprint density at radius 3 is 2.79 bits per heavy atom. The number of carbonyl (C=O) groups is 2. The van der Waals surface area contributed by atoms with Crippen molar-refractivity contribution in [1.29, 1.82) is 0 Å². The smallest absolute Gasteiger partial charge is 0.324 e. The number of benzene rings is 1. The summed E-state index contributed by atoms with van der Waals surface area (Å²) >= 11 is 0. The second-order valence-electron chi connectivity index (χ2n) is 5.90. The first-order valence-corrected chi connectivity index (χ1v) is 8.25. The Kier molecular flexibility index (Phi) is 4.93. The van der Waals surface area contributed by atoms with E-state index in [2.05, 4.69) is 10.3 Å². The number of amides is 3. The lowest BCUT2D eigenvalue weighted by molar-refractivity contribution is -0.121. The first-order valence-electron chi connectivity index (χ1n) is 8.25. The first-order chi connectivity index (χ1) is 11.7. The number of carbonyl (C=O) groups excluding carboxylic acids is 2. The highest BCUT2D eigenvalue weighted by atomic mass is 16.5. The number of fused-ring (bicyclic) bond motifs is 1. The Balaban J connectivity index is 1.41. The molecule has 0 aliphatic carbocycles. The van der Waals surface area contributed by atoms with Crippen molar-refractivity contribution in [3.63, 3.8) is 0 Å². The molecule has 24 heavy (non-hydrogen) atoms. The van der Waals surface area contributed by atoms with E-state index in [1.54, 1.807) is 18.0 Å². The zero-order chi connectivity index (χ0) is 16.9. The molecule has 1 fully saturated rings. The lowest BCUT2D eigenvalue weighted by Gasteiger charge is -2.18. The van der Waals surface area contributed by atoms with E-state index in [4.69, 9.17) is 4.74 Å². The van der Waals surface area contributed by atoms with Crippen molar-refractivity contribution >= 4 is 22.8 Å². The van der Waals surface area contributed by atoms with Crippen LogP contribution >= 0.6 is 0 Å². The van der Waals surface area contributed by atoms with Crippen LogP contribution in [0, 0.1) is 0 Å². The van der Waals surface area contributed by atoms with Gasteiger partial charge in [0.25, 0.3) is 5.91 Å². The van der Waals surface area contributed by atoms with Crippen molar-refractivity contribution in [2.24, 2.45) is 0 Å². The number of hydrogen-bond acceptors (Lipinski definition) is 4. The minimum absolute atomic E-state index is 0.215. The molecule has 2 heterocycles. The fourth-order valence-electron chi connectivity index (χ4n) is 2.83. The van der Waals surface area contributed by atoms with Gasteiger partial charge in [-0.1, -0.05) is 12.1 Å². The van der Waals surface area contributed by atoms with Gasteiger partial charge in [0.2, 0.25) is 0 Å². The maximum Gasteiger partial charge on any atom is 0.324 e. The molecular weight excluding hydrogens is 306 g/mol. The Bertz CT molecular complexity index is 742. The molecule has 1 aliphatic heterocycles. The molecule has 3 rings (SSSR count). The number of hydrogen-bond donors (Lipinski definition) is 1. The molecule has 1 aliphatic rings. The molecule has 2 aromatic rings. The van der Waals surface area contributed by atoms with Crippen LogP contribution in [0.2, 0.25) is 0 Å². The van der Waals surface area contributed by atoms with E-state index >= 15 is 0 Å². The summed E-state index contributed by atoms with van der Waals surface area (Å²) in [5.74, 6) is 0.631. The van der Waals surface area contributed by atoms with Crippen molar-refractivity contribution in [1.82, 2.24) is 15.2 Å². The van der Waals surface area contributed by atoms with Crippen LogP contribution in [0.4, 0.5) is 4.79 Å². The van der Waals surface area contributed by atoms with Gasteiger partial charge in [0.15, 0.2) is 0 Å². The van der Waals surface area contributed by atoms with Crippen LogP contribution in [0.15, 0.2) is 36.5 Å². The third kappa shape index (κ3) is 3.48. The number of imide groups is 1. The minimum atomic E-state index is -0.364. The summed E-state index contributed by atoms with van der Waals surface area (Å²) in [5.41, 5.74) is 0.925. The average molecular weight is 327 g/mol. The van der Waals surface area contributed by atoms with Crippen molar-refractivity contribution in [2.45, 2.75) is 32.2 Å². The monoisotopic (exact) mass is 327 g/mol. The maximum absolute atomic E-state index is 11.6. The standard InChI is InChI=1S/C18H21N3O3/c1-13-17(22)20-18(23)21(13)11-5-2-6-12-24-16-9-10-19-15-8-4-3-7-14(15)16/h3-4,7-10,13H,2,5-6,11-12H2,1H3,(H,20,22,23). The van der Waals surface area contributed by atoms with Gasteiger partial charge in [-0.05, 0) is 44.4 Å². The van der Waals surface area contributed by atoms with E-state index in [0.717, 1.165) is 35.9 Å². The summed E-state index contributed by atoms with van der Waals surface area (Å²) in [5, 5.41) is 3.34. The number of urea groups is 1. The van der Waals surface area contributed by atoms with Gasteiger partial charge in [0, 0.05) is 18.1 Å². The topological polar surface area (TPSA) is 71.5 Å². The fourth-order valence-corrected chi connectivity index (χ4v) is 2.83. The van der Waals surface area contributed by atoms with Crippen LogP contribution in [-0.4, -0.2) is 41.0 Å². The largest absolute Gasteiger partial charge is 0.493 e. The van der Waals surface area contributed by atoms with Crippen molar-refractivity contribution in [2.75, 3.05) is 13.2 Å². The molecule has 0 radical (unpaired) electrons. The van der Waals surface area contributed by atoms with E-state index in [1.165, 1.54) is 0 Å². The molecule has 126 valence electrons. The molecule has 6 nitrogen and oxygen atoms in total. The molecular formula is C18H21N3O3. The van der Waals surface area contributed by atoms with Crippen molar-refractivity contribution in [3.8, 4) is 5.75 Å². The highest BCUT2D eigenvalue weighted by molar-refractivity contribution is 6.03. The number of pyridine rings is 1. The van der Waals surface area contributed by atoms with Crippen LogP contribution < -0.4 is 10.1 Å². The number of rotatable bonds is 7. The molecule has 1 N–H and O–H groups in total. The minimum Gasteiger partial charge on any atom is -0.493 e. The molecule has 1 aromatic carbocycles. The summed E-state index contributed by atoms with van der Waals surface area (Å²) in [6.07, 6.45) is 4.44. The SMILES string of the molecule is CC1C(=O)NC(=O)N1CCCCCOc1ccnc2ccccc12. The number of unbranched alkanes of at least 4 members (excludes halogenated alkanes) is 2. The molecule has 0 saturated carbocycles. The molecule has 1 saturated heterocycles. The normalized spacial score (nSPS) is 17.4. The predicted molar refractivity (Wildman–Crippen MR) is 90.8 cm³/mol. The van der Waals surface area contributed by atoms with Crippen LogP contribution in [0.5, 0.6) is 5.75 Å². The number of aromatic nitrogens is 1. The van der Waals surface area contributed by atoms with Gasteiger partial charge in [0.05, 0.1) is 12.1 Å². The van der Waals surface area contributed by atoms with E-state index in [1.807, 2.05) is 30.3 Å². The molecule has 6 heteroatoms. The predicted octanol–water partition coefficient (Wildman–Crippen LogP) is 2.72. The maximum atomic E-state index is 11.6. The molecule has 1 unspecified atom stereocenters. The van der Waals surface area contributed by atoms with Crippen molar-refractivity contribution < 1.29 is 14.3 Å². The highest BCUT2D eigenvalue weighted by Crippen LogP contribution is 2.23. The molecule has 3 amide bonds. The highest BCUT2D eigenvalue weighted by Gasteiger charge is 2.33. The Labute approximate surface area is 140 Å². The molecule has 0 bridgehead atoms. The van der Waals surface area contributed by atoms with Gasteiger partial charge in [-0.3, -0.25) is 15.1 Å². The van der Waals surface area contributed by atoms with E-state index in [9.17, 15) is 9.59 Å². The fraction of sp³-hybridized carbons (Fsp3) is 0.389. The van der Waals surface area contributed by atoms with Gasteiger partial charge >= 0.3 is 6.03 Å². The van der Waals surface area contributed by atoms with Crippen LogP contribution in [-0.2, 0) is 4.79 Å². The lowest BCUT2D eigenvalue weighted by Crippen LogP contribution is -2.33. The zero-order valence-electron chi connectivity index (χ0n) is 13.7. The van der Waals surface area contributed by atoms with Crippen LogP contribution in [0.3, 0.4) is 0 Å². The third-order valence-corrected chi connectivity index (χ3v) is 4.25. The molecule has 1 aromatic heterocycles. The van der Waals surface area contributed by atoms with E-state index in [0.29, 0.717) is 13.2 Å². The zero-order valence-corrected chi connectivity index (χ0v) is 13.7. The van der Waals surface area contributed by atoms with Gasteiger partial charge in [-0.2, -0.15) is 0 Å². The number of nitrogens with zero attached hydrogens (tertiary/aromatic N) is 2. The molecule has 0 spiro atoms. The van der Waals surface area contributed by atoms with E-state index in [-0.39, 0.29) is 18.0 Å². The number of ether oxygens (including phenoxy) is 1. The van der Waals surface area contributed by atoms with E-state index < -0.39 is 0 Å². The second kappa shape index (κ2) is 7.29. The number of nitrogens with one attached hydrogen (secondary N) is 1. The summed E-state index contributed by atoms with van der Waals surface area (Å²) < 4.78 is 5.86. The summed E-state index contributed by atoms with van der Waals surface area (Å²) in [6, 6.07) is 9.13. The van der Waals surface area contributed by atoms with Crippen LogP contribution in [0.1, 0.15) is 26.2 Å². The Hall–Kier alpha value is -2.63. The second-order valence-corrected chi connectivity index (χ2v) is 5.90. The van der Waals surface area contributed by atoms with Gasteiger partial charge in [-0.25, -0.2) is 4.79 Å². The summed E-state index contributed by atoms with van der Waals surface area (Å²) in [7, 11) is 0. The average Bonchev–Trinajstić information content (AvgIpc) is 2.83. The van der Waals surface area contributed by atoms with Gasteiger partial charge in [-0.15, -0.1) is 0 Å². The quantitative estimate of drug-likeness (QED) is 0.627. The third-order valence-electron chi connectivity index (χ3n) is 4.25. The van der Waals surface area contributed by atoms with Gasteiger partial charge in [0.1, 0.15) is 11.8 Å². The van der Waals surface area contributed by atoms with Gasteiger partial charge < -0.3 is 9.64 Å². The van der Waals surface area contributed by atoms with Crippen molar-refractivity contribution in [3.05, 3.63) is 36.5 Å². The summed E-state index contributed by atoms with van der Waals surface area (Å²) in [6.45, 7) is 2.96. The Morgan fingerprint density at radius 2 is 2.00 bits per heavy atom. The number of para-hydroxylation sites is 1. The van der Waals surface area contributed by atoms with Crippen LogP contribution in [0.25, 0.3) is 10.9 Å². The Morgan fingerprint density at radius 1 is 1.17 bits per heavy atom. The first kappa shape index (κ1) is 16.2.